The van der Waals surface area contributed by atoms with Gasteiger partial charge in [0, 0.05) is 41.2 Å². The van der Waals surface area contributed by atoms with E-state index in [2.05, 4.69) is 50.6 Å². The van der Waals surface area contributed by atoms with Crippen LogP contribution in [0.15, 0.2) is 28.3 Å². The van der Waals surface area contributed by atoms with Crippen molar-refractivity contribution >= 4 is 27.3 Å². The highest BCUT2D eigenvalue weighted by molar-refractivity contribution is 9.10. The molecule has 2 heterocycles. The Morgan fingerprint density at radius 3 is 2.88 bits per heavy atom. The first-order valence-corrected chi connectivity index (χ1v) is 6.70. The van der Waals surface area contributed by atoms with Crippen molar-refractivity contribution in [2.75, 3.05) is 7.05 Å². The summed E-state index contributed by atoms with van der Waals surface area (Å²) in [5.41, 5.74) is 1.25. The molecule has 0 spiro atoms. The van der Waals surface area contributed by atoms with Crippen molar-refractivity contribution in [1.29, 1.82) is 0 Å². The zero-order valence-electron chi connectivity index (χ0n) is 9.35. The van der Waals surface area contributed by atoms with Gasteiger partial charge in [-0.3, -0.25) is 9.58 Å². The van der Waals surface area contributed by atoms with E-state index in [0.717, 1.165) is 13.1 Å². The fraction of sp³-hybridized carbons (Fsp3) is 0.364. The molecule has 2 aromatic heterocycles. The standard InChI is InChI=1S/C11H14BrN3S/c1-14(6-9-5-13-15(2)7-9)8-11-10(12)3-4-16-11/h3-5,7H,6,8H2,1-2H3. The summed E-state index contributed by atoms with van der Waals surface area (Å²) in [6.45, 7) is 1.89. The number of hydrogen-bond acceptors (Lipinski definition) is 3. The van der Waals surface area contributed by atoms with Gasteiger partial charge in [-0.05, 0) is 34.4 Å². The van der Waals surface area contributed by atoms with Gasteiger partial charge in [-0.1, -0.05) is 0 Å². The number of halogens is 1. The fourth-order valence-corrected chi connectivity index (χ4v) is 3.16. The minimum absolute atomic E-state index is 0.929. The van der Waals surface area contributed by atoms with Gasteiger partial charge >= 0.3 is 0 Å². The molecule has 2 aromatic rings. The van der Waals surface area contributed by atoms with Gasteiger partial charge in [0.05, 0.1) is 6.20 Å². The lowest BCUT2D eigenvalue weighted by atomic mass is 10.3. The van der Waals surface area contributed by atoms with Gasteiger partial charge in [0.15, 0.2) is 0 Å². The maximum Gasteiger partial charge on any atom is 0.0534 e. The maximum atomic E-state index is 4.17. The largest absolute Gasteiger partial charge is 0.297 e. The fourth-order valence-electron chi connectivity index (χ4n) is 1.60. The van der Waals surface area contributed by atoms with Crippen molar-refractivity contribution < 1.29 is 0 Å². The summed E-state index contributed by atoms with van der Waals surface area (Å²) in [6.07, 6.45) is 3.97. The molecule has 3 nitrogen and oxygen atoms in total. The first-order chi connectivity index (χ1) is 7.65. The number of aryl methyl sites for hydroxylation is 1. The van der Waals surface area contributed by atoms with Gasteiger partial charge < -0.3 is 0 Å². The summed E-state index contributed by atoms with van der Waals surface area (Å²) in [4.78, 5) is 3.65. The molecule has 0 aromatic carbocycles. The first-order valence-electron chi connectivity index (χ1n) is 5.03. The highest BCUT2D eigenvalue weighted by Gasteiger charge is 2.06. The van der Waals surface area contributed by atoms with Crippen LogP contribution in [0.25, 0.3) is 0 Å². The average molecular weight is 300 g/mol. The number of hydrogen-bond donors (Lipinski definition) is 0. The molecule has 0 fully saturated rings. The molecular weight excluding hydrogens is 286 g/mol. The molecule has 0 aliphatic heterocycles. The second-order valence-corrected chi connectivity index (χ2v) is 5.74. The van der Waals surface area contributed by atoms with Crippen LogP contribution in [0.4, 0.5) is 0 Å². The Balaban J connectivity index is 1.94. The zero-order valence-corrected chi connectivity index (χ0v) is 11.8. The minimum Gasteiger partial charge on any atom is -0.297 e. The van der Waals surface area contributed by atoms with Crippen molar-refractivity contribution in [2.45, 2.75) is 13.1 Å². The van der Waals surface area contributed by atoms with Crippen molar-refractivity contribution in [2.24, 2.45) is 7.05 Å². The highest BCUT2D eigenvalue weighted by atomic mass is 79.9. The first kappa shape index (κ1) is 11.8. The van der Waals surface area contributed by atoms with Crippen LogP contribution in [-0.2, 0) is 20.1 Å². The molecule has 0 aliphatic rings. The van der Waals surface area contributed by atoms with Crippen LogP contribution in [0, 0.1) is 0 Å². The van der Waals surface area contributed by atoms with Gasteiger partial charge in [-0.2, -0.15) is 5.10 Å². The van der Waals surface area contributed by atoms with Crippen molar-refractivity contribution in [3.05, 3.63) is 38.8 Å². The summed E-state index contributed by atoms with van der Waals surface area (Å²) in [5.74, 6) is 0. The normalized spacial score (nSPS) is 11.2. The third kappa shape index (κ3) is 2.93. The van der Waals surface area contributed by atoms with E-state index in [0.29, 0.717) is 0 Å². The smallest absolute Gasteiger partial charge is 0.0534 e. The van der Waals surface area contributed by atoms with Crippen LogP contribution >= 0.6 is 27.3 Å². The summed E-state index contributed by atoms with van der Waals surface area (Å²) in [7, 11) is 4.07. The number of nitrogens with zero attached hydrogens (tertiary/aromatic N) is 3. The Morgan fingerprint density at radius 2 is 2.31 bits per heavy atom. The second-order valence-electron chi connectivity index (χ2n) is 3.89. The molecule has 0 aliphatic carbocycles. The Kier molecular flexibility index (Phi) is 3.78. The van der Waals surface area contributed by atoms with Crippen LogP contribution in [0.1, 0.15) is 10.4 Å². The summed E-state index contributed by atoms with van der Waals surface area (Å²) in [5, 5.41) is 6.28. The van der Waals surface area contributed by atoms with E-state index < -0.39 is 0 Å². The van der Waals surface area contributed by atoms with Crippen molar-refractivity contribution in [3.8, 4) is 0 Å². The van der Waals surface area contributed by atoms with E-state index in [9.17, 15) is 0 Å². The minimum atomic E-state index is 0.929. The SMILES string of the molecule is CN(Cc1cnn(C)c1)Cc1sccc1Br. The molecule has 16 heavy (non-hydrogen) atoms. The molecule has 0 saturated heterocycles. The van der Waals surface area contributed by atoms with Gasteiger partial charge in [0.2, 0.25) is 0 Å². The van der Waals surface area contributed by atoms with Crippen LogP contribution in [0.3, 0.4) is 0 Å². The van der Waals surface area contributed by atoms with E-state index in [4.69, 9.17) is 0 Å². The van der Waals surface area contributed by atoms with Crippen LogP contribution in [0.2, 0.25) is 0 Å². The third-order valence-corrected chi connectivity index (χ3v) is 4.23. The molecule has 0 amide bonds. The summed E-state index contributed by atoms with van der Waals surface area (Å²) < 4.78 is 3.04. The predicted molar refractivity (Wildman–Crippen MR) is 70.4 cm³/mol. The van der Waals surface area contributed by atoms with Gasteiger partial charge in [-0.25, -0.2) is 0 Å². The Hall–Kier alpha value is -0.650. The second kappa shape index (κ2) is 5.12. The Morgan fingerprint density at radius 1 is 1.50 bits per heavy atom. The van der Waals surface area contributed by atoms with Gasteiger partial charge in [0.25, 0.3) is 0 Å². The molecule has 0 bridgehead atoms. The van der Waals surface area contributed by atoms with Gasteiger partial charge in [-0.15, -0.1) is 11.3 Å². The van der Waals surface area contributed by atoms with E-state index in [1.54, 1.807) is 11.3 Å². The average Bonchev–Trinajstić information content (AvgIpc) is 2.77. The van der Waals surface area contributed by atoms with E-state index in [1.165, 1.54) is 14.9 Å². The molecule has 2 rings (SSSR count). The highest BCUT2D eigenvalue weighted by Crippen LogP contribution is 2.24. The molecule has 0 unspecified atom stereocenters. The quantitative estimate of drug-likeness (QED) is 0.866. The molecule has 0 saturated carbocycles. The van der Waals surface area contributed by atoms with Crippen molar-refractivity contribution in [3.63, 3.8) is 0 Å². The molecule has 0 atom stereocenters. The maximum absolute atomic E-state index is 4.17. The van der Waals surface area contributed by atoms with Crippen LogP contribution in [0.5, 0.6) is 0 Å². The predicted octanol–water partition coefficient (Wildman–Crippen LogP) is 2.88. The monoisotopic (exact) mass is 299 g/mol. The van der Waals surface area contributed by atoms with Crippen molar-refractivity contribution in [1.82, 2.24) is 14.7 Å². The van der Waals surface area contributed by atoms with E-state index in [1.807, 2.05) is 17.9 Å². The molecular formula is C11H14BrN3S. The number of rotatable bonds is 4. The summed E-state index contributed by atoms with van der Waals surface area (Å²) >= 11 is 5.34. The lowest BCUT2D eigenvalue weighted by molar-refractivity contribution is 0.321. The topological polar surface area (TPSA) is 21.1 Å². The van der Waals surface area contributed by atoms with Gasteiger partial charge in [0.1, 0.15) is 0 Å². The number of thiophene rings is 1. The van der Waals surface area contributed by atoms with E-state index in [-0.39, 0.29) is 0 Å². The Labute approximate surface area is 108 Å². The Bertz CT molecular complexity index is 463. The molecule has 0 N–H and O–H groups in total. The zero-order chi connectivity index (χ0) is 11.5. The van der Waals surface area contributed by atoms with Crippen LogP contribution < -0.4 is 0 Å². The lowest BCUT2D eigenvalue weighted by Gasteiger charge is -2.14. The lowest BCUT2D eigenvalue weighted by Crippen LogP contribution is -2.16. The molecule has 86 valence electrons. The third-order valence-electron chi connectivity index (χ3n) is 2.32. The number of aromatic nitrogens is 2. The van der Waals surface area contributed by atoms with Crippen LogP contribution in [-0.4, -0.2) is 21.7 Å². The molecule has 0 radical (unpaired) electrons. The van der Waals surface area contributed by atoms with E-state index >= 15 is 0 Å². The molecule has 5 heteroatoms. The summed E-state index contributed by atoms with van der Waals surface area (Å²) in [6, 6.07) is 2.10.